The minimum atomic E-state index is -4.26. The summed E-state index contributed by atoms with van der Waals surface area (Å²) < 4.78 is 27.0. The molecule has 0 bridgehead atoms. The minimum Gasteiger partial charge on any atom is -0.478 e. The molecule has 3 aromatic rings. The van der Waals surface area contributed by atoms with Gasteiger partial charge >= 0.3 is 12.0 Å². The second-order valence-corrected chi connectivity index (χ2v) is 9.02. The molecule has 1 aliphatic rings. The number of hydrogen-bond acceptors (Lipinski definition) is 6. The average molecular weight is 466 g/mol. The molecular formula is C22H18N4O6S. The fourth-order valence-electron chi connectivity index (χ4n) is 3.25. The molecular weight excluding hydrogens is 448 g/mol. The standard InChI is InChI=1S/C22H18N4O6S/c27-20(24-12-14-7-9-23-10-8-14)17-5-6-18-19(11-17)33(31,32)26(22(30)25-18)13-15-1-3-16(4-2-15)21(28)29/h1-11H,12-13H2,(H,24,27)(H,25,30)(H,28,29). The monoisotopic (exact) mass is 466 g/mol. The van der Waals surface area contributed by atoms with Crippen LogP contribution >= 0.6 is 0 Å². The minimum absolute atomic E-state index is 0.0393. The number of amides is 3. The van der Waals surface area contributed by atoms with E-state index in [9.17, 15) is 22.8 Å². The number of nitrogens with zero attached hydrogens (tertiary/aromatic N) is 2. The van der Waals surface area contributed by atoms with Crippen molar-refractivity contribution in [3.05, 3.63) is 89.2 Å². The number of carboxylic acids is 1. The van der Waals surface area contributed by atoms with Crippen molar-refractivity contribution >= 4 is 33.6 Å². The molecule has 4 rings (SSSR count). The zero-order chi connectivity index (χ0) is 23.6. The summed E-state index contributed by atoms with van der Waals surface area (Å²) in [7, 11) is -4.26. The van der Waals surface area contributed by atoms with Crippen molar-refractivity contribution in [1.82, 2.24) is 14.6 Å². The number of sulfonamides is 1. The van der Waals surface area contributed by atoms with Gasteiger partial charge in [-0.1, -0.05) is 12.1 Å². The summed E-state index contributed by atoms with van der Waals surface area (Å²) in [5.74, 6) is -1.59. The lowest BCUT2D eigenvalue weighted by Gasteiger charge is -2.29. The van der Waals surface area contributed by atoms with Crippen molar-refractivity contribution < 1.29 is 27.9 Å². The number of anilines is 1. The van der Waals surface area contributed by atoms with Gasteiger partial charge in [0.25, 0.3) is 15.9 Å². The Labute approximate surface area is 188 Å². The lowest BCUT2D eigenvalue weighted by molar-refractivity contribution is 0.0696. The number of urea groups is 1. The molecule has 0 unspecified atom stereocenters. The van der Waals surface area contributed by atoms with Gasteiger partial charge in [0.2, 0.25) is 0 Å². The number of nitrogens with one attached hydrogen (secondary N) is 2. The van der Waals surface area contributed by atoms with Crippen LogP contribution in [0.4, 0.5) is 10.5 Å². The highest BCUT2D eigenvalue weighted by Gasteiger charge is 2.37. The highest BCUT2D eigenvalue weighted by atomic mass is 32.2. The topological polar surface area (TPSA) is 146 Å². The molecule has 168 valence electrons. The smallest absolute Gasteiger partial charge is 0.336 e. The Morgan fingerprint density at radius 1 is 0.970 bits per heavy atom. The Bertz CT molecular complexity index is 1340. The number of carbonyl (C=O) groups excluding carboxylic acids is 2. The number of pyridine rings is 1. The Balaban J connectivity index is 1.57. The molecule has 3 amide bonds. The normalized spacial score (nSPS) is 14.2. The summed E-state index contributed by atoms with van der Waals surface area (Å²) in [6, 6.07) is 12.2. The number of carbonyl (C=O) groups is 3. The van der Waals surface area contributed by atoms with Crippen molar-refractivity contribution in [2.75, 3.05) is 5.32 Å². The number of fused-ring (bicyclic) bond motifs is 1. The molecule has 1 aliphatic heterocycles. The molecule has 0 fully saturated rings. The molecule has 11 heteroatoms. The van der Waals surface area contributed by atoms with Gasteiger partial charge in [0.05, 0.1) is 17.8 Å². The van der Waals surface area contributed by atoms with Crippen molar-refractivity contribution in [2.24, 2.45) is 0 Å². The molecule has 0 aliphatic carbocycles. The van der Waals surface area contributed by atoms with Crippen LogP contribution in [0.25, 0.3) is 0 Å². The fourth-order valence-corrected chi connectivity index (χ4v) is 4.74. The van der Waals surface area contributed by atoms with E-state index in [0.29, 0.717) is 9.87 Å². The van der Waals surface area contributed by atoms with Crippen LogP contribution in [0.1, 0.15) is 31.8 Å². The first-order valence-corrected chi connectivity index (χ1v) is 11.2. The molecule has 0 saturated heterocycles. The van der Waals surface area contributed by atoms with Crippen LogP contribution < -0.4 is 10.6 Å². The van der Waals surface area contributed by atoms with Crippen molar-refractivity contribution in [1.29, 1.82) is 0 Å². The van der Waals surface area contributed by atoms with E-state index in [2.05, 4.69) is 15.6 Å². The summed E-state index contributed by atoms with van der Waals surface area (Å²) in [5, 5.41) is 14.2. The molecule has 10 nitrogen and oxygen atoms in total. The zero-order valence-electron chi connectivity index (χ0n) is 17.1. The van der Waals surface area contributed by atoms with Gasteiger partial charge in [-0.05, 0) is 53.6 Å². The van der Waals surface area contributed by atoms with Gasteiger partial charge in [0, 0.05) is 24.5 Å². The van der Waals surface area contributed by atoms with E-state index in [4.69, 9.17) is 5.11 Å². The number of rotatable bonds is 6. The zero-order valence-corrected chi connectivity index (χ0v) is 17.9. The maximum atomic E-state index is 13.2. The van der Waals surface area contributed by atoms with Crippen LogP contribution in [0.5, 0.6) is 0 Å². The molecule has 2 aromatic carbocycles. The van der Waals surface area contributed by atoms with E-state index >= 15 is 0 Å². The maximum Gasteiger partial charge on any atom is 0.336 e. The van der Waals surface area contributed by atoms with Crippen LogP contribution in [0.2, 0.25) is 0 Å². The fraction of sp³-hybridized carbons (Fsp3) is 0.0909. The molecule has 1 aromatic heterocycles. The molecule has 0 radical (unpaired) electrons. The Kier molecular flexibility index (Phi) is 5.80. The molecule has 0 atom stereocenters. The lowest BCUT2D eigenvalue weighted by atomic mass is 10.1. The first-order valence-electron chi connectivity index (χ1n) is 9.73. The van der Waals surface area contributed by atoms with E-state index in [-0.39, 0.29) is 34.8 Å². The van der Waals surface area contributed by atoms with Crippen LogP contribution in [-0.2, 0) is 23.1 Å². The van der Waals surface area contributed by atoms with Gasteiger partial charge in [-0.3, -0.25) is 9.78 Å². The lowest BCUT2D eigenvalue weighted by Crippen LogP contribution is -2.43. The predicted octanol–water partition coefficient (Wildman–Crippen LogP) is 2.45. The third-order valence-corrected chi connectivity index (χ3v) is 6.78. The molecule has 3 N–H and O–H groups in total. The van der Waals surface area contributed by atoms with Crippen LogP contribution in [0.3, 0.4) is 0 Å². The number of aromatic nitrogens is 1. The van der Waals surface area contributed by atoms with Gasteiger partial charge in [-0.25, -0.2) is 22.3 Å². The van der Waals surface area contributed by atoms with E-state index in [0.717, 1.165) is 5.56 Å². The summed E-state index contributed by atoms with van der Waals surface area (Å²) in [4.78, 5) is 39.8. The third kappa shape index (κ3) is 4.53. The highest BCUT2D eigenvalue weighted by Crippen LogP contribution is 2.32. The van der Waals surface area contributed by atoms with E-state index in [1.165, 1.54) is 42.5 Å². The summed E-state index contributed by atoms with van der Waals surface area (Å²) in [5.41, 5.74) is 1.48. The summed E-state index contributed by atoms with van der Waals surface area (Å²) in [6.07, 6.45) is 3.19. The van der Waals surface area contributed by atoms with Crippen LogP contribution in [0, 0.1) is 0 Å². The Morgan fingerprint density at radius 2 is 1.64 bits per heavy atom. The number of benzene rings is 2. The van der Waals surface area contributed by atoms with E-state index < -0.39 is 27.9 Å². The average Bonchev–Trinajstić information content (AvgIpc) is 2.81. The molecule has 0 spiro atoms. The van der Waals surface area contributed by atoms with Crippen LogP contribution in [-0.4, -0.2) is 40.7 Å². The Morgan fingerprint density at radius 3 is 2.30 bits per heavy atom. The second-order valence-electron chi connectivity index (χ2n) is 7.19. The van der Waals surface area contributed by atoms with Gasteiger partial charge in [-0.15, -0.1) is 0 Å². The van der Waals surface area contributed by atoms with E-state index in [1.807, 2.05) is 0 Å². The second kappa shape index (κ2) is 8.71. The largest absolute Gasteiger partial charge is 0.478 e. The number of aromatic carboxylic acids is 1. The number of carboxylic acid groups (broad SMARTS) is 1. The quantitative estimate of drug-likeness (QED) is 0.506. The first kappa shape index (κ1) is 22.0. The Hall–Kier alpha value is -4.25. The molecule has 33 heavy (non-hydrogen) atoms. The number of hydrogen-bond donors (Lipinski definition) is 3. The summed E-state index contributed by atoms with van der Waals surface area (Å²) >= 11 is 0. The summed E-state index contributed by atoms with van der Waals surface area (Å²) in [6.45, 7) is -0.0631. The third-order valence-electron chi connectivity index (χ3n) is 5.01. The maximum absolute atomic E-state index is 13.2. The predicted molar refractivity (Wildman–Crippen MR) is 117 cm³/mol. The van der Waals surface area contributed by atoms with Crippen molar-refractivity contribution in [3.8, 4) is 0 Å². The van der Waals surface area contributed by atoms with Crippen molar-refractivity contribution in [3.63, 3.8) is 0 Å². The molecule has 2 heterocycles. The first-order chi connectivity index (χ1) is 15.8. The van der Waals surface area contributed by atoms with Gasteiger partial charge in [-0.2, -0.15) is 0 Å². The molecule has 0 saturated carbocycles. The van der Waals surface area contributed by atoms with Gasteiger partial charge in [0.1, 0.15) is 4.90 Å². The SMILES string of the molecule is O=C(O)c1ccc(CN2C(=O)Nc3ccc(C(=O)NCc4ccncc4)cc3S2(=O)=O)cc1. The highest BCUT2D eigenvalue weighted by molar-refractivity contribution is 7.90. The van der Waals surface area contributed by atoms with Gasteiger partial charge < -0.3 is 15.7 Å². The van der Waals surface area contributed by atoms with Crippen molar-refractivity contribution in [2.45, 2.75) is 18.0 Å². The van der Waals surface area contributed by atoms with Gasteiger partial charge in [0.15, 0.2) is 0 Å². The van der Waals surface area contributed by atoms with Crippen LogP contribution in [0.15, 0.2) is 71.9 Å². The van der Waals surface area contributed by atoms with E-state index in [1.54, 1.807) is 24.5 Å².